The van der Waals surface area contributed by atoms with E-state index in [0.29, 0.717) is 41.7 Å². The topological polar surface area (TPSA) is 73.9 Å². The first-order valence-corrected chi connectivity index (χ1v) is 10.4. The van der Waals surface area contributed by atoms with Crippen molar-refractivity contribution < 1.29 is 23.8 Å². The summed E-state index contributed by atoms with van der Waals surface area (Å²) in [6.07, 6.45) is 2.13. The molecule has 0 aromatic heterocycles. The van der Waals surface area contributed by atoms with Gasteiger partial charge in [-0.2, -0.15) is 0 Å². The molecular formula is C24H25NO5. The van der Waals surface area contributed by atoms with Gasteiger partial charge in [0, 0.05) is 18.4 Å². The summed E-state index contributed by atoms with van der Waals surface area (Å²) >= 11 is 0. The van der Waals surface area contributed by atoms with E-state index in [9.17, 15) is 9.59 Å². The summed E-state index contributed by atoms with van der Waals surface area (Å²) in [5, 5.41) is 3.05. The molecule has 2 aliphatic carbocycles. The van der Waals surface area contributed by atoms with Gasteiger partial charge in [0.25, 0.3) is 0 Å². The largest absolute Gasteiger partial charge is 0.493 e. The third kappa shape index (κ3) is 2.93. The maximum Gasteiger partial charge on any atom is 0.224 e. The van der Waals surface area contributed by atoms with Crippen LogP contribution in [0, 0.1) is 17.8 Å². The SMILES string of the molecule is COc1ccc(CNC(=O)[C@@H]2[C@@H]3CC[C@@]4(CC(=O)c5ccccc5O4)[C@@H]32)cc1OC. The standard InChI is InChI=1S/C24H25NO5/c1-28-19-8-7-14(11-20(19)29-2)13-25-23(27)21-16-9-10-24(22(16)21)12-17(26)15-5-3-4-6-18(15)30-24/h3-8,11,16,21-22H,9-10,12-13H2,1-2H3,(H,25,27)/t16-,21+,22-,24+/m0/s1. The Balaban J connectivity index is 1.27. The smallest absolute Gasteiger partial charge is 0.224 e. The van der Waals surface area contributed by atoms with E-state index in [-0.39, 0.29) is 23.5 Å². The van der Waals surface area contributed by atoms with E-state index < -0.39 is 5.60 Å². The van der Waals surface area contributed by atoms with E-state index in [2.05, 4.69) is 5.32 Å². The van der Waals surface area contributed by atoms with Crippen molar-refractivity contribution >= 4 is 11.7 Å². The van der Waals surface area contributed by atoms with Crippen LogP contribution < -0.4 is 19.5 Å². The van der Waals surface area contributed by atoms with Crippen LogP contribution in [0.5, 0.6) is 17.2 Å². The van der Waals surface area contributed by atoms with Crippen LogP contribution in [0.3, 0.4) is 0 Å². The first-order chi connectivity index (χ1) is 14.6. The normalized spacial score (nSPS) is 28.3. The van der Waals surface area contributed by atoms with E-state index in [0.717, 1.165) is 18.4 Å². The summed E-state index contributed by atoms with van der Waals surface area (Å²) in [6, 6.07) is 13.0. The number of carbonyl (C=O) groups excluding carboxylic acids is 2. The quantitative estimate of drug-likeness (QED) is 0.823. The Morgan fingerprint density at radius 1 is 1.17 bits per heavy atom. The van der Waals surface area contributed by atoms with Gasteiger partial charge in [0.15, 0.2) is 17.3 Å². The van der Waals surface area contributed by atoms with Crippen LogP contribution >= 0.6 is 0 Å². The van der Waals surface area contributed by atoms with Gasteiger partial charge in [-0.3, -0.25) is 9.59 Å². The molecule has 6 heteroatoms. The van der Waals surface area contributed by atoms with E-state index in [1.807, 2.05) is 42.5 Å². The number of rotatable bonds is 5. The summed E-state index contributed by atoms with van der Waals surface area (Å²) in [5.41, 5.74) is 1.07. The minimum atomic E-state index is -0.526. The number of benzene rings is 2. The number of ether oxygens (including phenoxy) is 3. The summed E-state index contributed by atoms with van der Waals surface area (Å²) in [6.45, 7) is 0.421. The van der Waals surface area contributed by atoms with Crippen molar-refractivity contribution in [1.82, 2.24) is 5.32 Å². The van der Waals surface area contributed by atoms with E-state index in [1.54, 1.807) is 14.2 Å². The Kier molecular flexibility index (Phi) is 4.45. The molecular weight excluding hydrogens is 382 g/mol. The average Bonchev–Trinajstić information content (AvgIpc) is 3.42. The highest BCUT2D eigenvalue weighted by Gasteiger charge is 2.70. The highest BCUT2D eigenvalue weighted by molar-refractivity contribution is 6.00. The van der Waals surface area contributed by atoms with Crippen molar-refractivity contribution in [2.45, 2.75) is 31.4 Å². The second-order valence-electron chi connectivity index (χ2n) is 8.42. The number of nitrogens with one attached hydrogen (secondary N) is 1. The minimum absolute atomic E-state index is 0.0359. The number of para-hydroxylation sites is 1. The van der Waals surface area contributed by atoms with Crippen molar-refractivity contribution in [3.63, 3.8) is 0 Å². The molecule has 1 heterocycles. The fourth-order valence-corrected chi connectivity index (χ4v) is 5.42. The lowest BCUT2D eigenvalue weighted by Gasteiger charge is -2.37. The maximum absolute atomic E-state index is 12.9. The number of Topliss-reactive ketones (excluding diaryl/α,β-unsaturated/α-hetero) is 1. The molecule has 2 fully saturated rings. The molecule has 0 bridgehead atoms. The Morgan fingerprint density at radius 3 is 2.77 bits per heavy atom. The first kappa shape index (κ1) is 19.0. The molecule has 2 aromatic rings. The van der Waals surface area contributed by atoms with Crippen molar-refractivity contribution in [1.29, 1.82) is 0 Å². The lowest BCUT2D eigenvalue weighted by atomic mass is 9.84. The monoisotopic (exact) mass is 407 g/mol. The van der Waals surface area contributed by atoms with Crippen LogP contribution in [0.1, 0.15) is 35.2 Å². The fourth-order valence-electron chi connectivity index (χ4n) is 5.42. The van der Waals surface area contributed by atoms with Gasteiger partial charge >= 0.3 is 0 Å². The van der Waals surface area contributed by atoms with E-state index >= 15 is 0 Å². The van der Waals surface area contributed by atoms with Gasteiger partial charge in [-0.15, -0.1) is 0 Å². The molecule has 1 spiro atoms. The van der Waals surface area contributed by atoms with Crippen LogP contribution in [0.15, 0.2) is 42.5 Å². The molecule has 2 saturated carbocycles. The van der Waals surface area contributed by atoms with Gasteiger partial charge in [-0.05, 0) is 48.6 Å². The zero-order valence-corrected chi connectivity index (χ0v) is 17.1. The van der Waals surface area contributed by atoms with E-state index in [1.165, 1.54) is 0 Å². The van der Waals surface area contributed by atoms with Gasteiger partial charge in [-0.25, -0.2) is 0 Å². The average molecular weight is 407 g/mol. The van der Waals surface area contributed by atoms with Crippen LogP contribution in [0.4, 0.5) is 0 Å². The molecule has 1 N–H and O–H groups in total. The molecule has 5 rings (SSSR count). The lowest BCUT2D eigenvalue weighted by Crippen LogP contribution is -2.44. The molecule has 3 aliphatic rings. The highest BCUT2D eigenvalue weighted by Crippen LogP contribution is 2.65. The number of carbonyl (C=O) groups is 2. The van der Waals surface area contributed by atoms with Crippen LogP contribution in [-0.4, -0.2) is 31.5 Å². The minimum Gasteiger partial charge on any atom is -0.493 e. The van der Waals surface area contributed by atoms with Crippen molar-refractivity contribution in [3.8, 4) is 17.2 Å². The van der Waals surface area contributed by atoms with E-state index in [4.69, 9.17) is 14.2 Å². The second-order valence-corrected chi connectivity index (χ2v) is 8.42. The second kappa shape index (κ2) is 7.04. The molecule has 156 valence electrons. The first-order valence-electron chi connectivity index (χ1n) is 10.4. The molecule has 4 atom stereocenters. The number of ketones is 1. The maximum atomic E-state index is 12.9. The fraction of sp³-hybridized carbons (Fsp3) is 0.417. The highest BCUT2D eigenvalue weighted by atomic mass is 16.5. The van der Waals surface area contributed by atoms with Crippen molar-refractivity contribution in [2.24, 2.45) is 17.8 Å². The molecule has 1 aliphatic heterocycles. The van der Waals surface area contributed by atoms with Gasteiger partial charge in [0.1, 0.15) is 11.4 Å². The molecule has 0 saturated heterocycles. The molecule has 2 aromatic carbocycles. The summed E-state index contributed by atoms with van der Waals surface area (Å²) in [7, 11) is 3.19. The van der Waals surface area contributed by atoms with Crippen LogP contribution in [0.25, 0.3) is 0 Å². The van der Waals surface area contributed by atoms with Gasteiger partial charge < -0.3 is 19.5 Å². The zero-order valence-electron chi connectivity index (χ0n) is 17.1. The third-order valence-corrected chi connectivity index (χ3v) is 6.85. The van der Waals surface area contributed by atoms with Crippen LogP contribution in [0.2, 0.25) is 0 Å². The molecule has 30 heavy (non-hydrogen) atoms. The molecule has 0 unspecified atom stereocenters. The van der Waals surface area contributed by atoms with Gasteiger partial charge in [0.05, 0.1) is 26.2 Å². The molecule has 6 nitrogen and oxygen atoms in total. The molecule has 1 amide bonds. The Labute approximate surface area is 175 Å². The number of hydrogen-bond acceptors (Lipinski definition) is 5. The summed E-state index contributed by atoms with van der Waals surface area (Å²) in [4.78, 5) is 25.6. The lowest BCUT2D eigenvalue weighted by molar-refractivity contribution is -0.124. The van der Waals surface area contributed by atoms with Crippen LogP contribution in [-0.2, 0) is 11.3 Å². The Morgan fingerprint density at radius 2 is 1.97 bits per heavy atom. The summed E-state index contributed by atoms with van der Waals surface area (Å²) in [5.74, 6) is 2.43. The number of methoxy groups -OCH3 is 2. The third-order valence-electron chi connectivity index (χ3n) is 6.85. The Hall–Kier alpha value is -3.02. The van der Waals surface area contributed by atoms with Crippen molar-refractivity contribution in [2.75, 3.05) is 14.2 Å². The Bertz CT molecular complexity index is 1020. The number of fused-ring (bicyclic) bond motifs is 3. The van der Waals surface area contributed by atoms with Gasteiger partial charge in [-0.1, -0.05) is 18.2 Å². The van der Waals surface area contributed by atoms with Gasteiger partial charge in [0.2, 0.25) is 5.91 Å². The van der Waals surface area contributed by atoms with Crippen molar-refractivity contribution in [3.05, 3.63) is 53.6 Å². The zero-order chi connectivity index (χ0) is 20.9. The summed E-state index contributed by atoms with van der Waals surface area (Å²) < 4.78 is 17.0. The predicted octanol–water partition coefficient (Wildman–Crippen LogP) is 3.38. The number of amides is 1. The predicted molar refractivity (Wildman–Crippen MR) is 110 cm³/mol. The molecule has 0 radical (unpaired) electrons. The number of hydrogen-bond donors (Lipinski definition) is 1.